The van der Waals surface area contributed by atoms with Crippen molar-refractivity contribution in [1.29, 1.82) is 0 Å². The van der Waals surface area contributed by atoms with Gasteiger partial charge in [0.1, 0.15) is 5.01 Å². The number of nitrogens with two attached hydrogens (primary N) is 1. The van der Waals surface area contributed by atoms with Gasteiger partial charge in [-0.05, 0) is 41.1 Å². The van der Waals surface area contributed by atoms with E-state index in [0.29, 0.717) is 5.69 Å². The first kappa shape index (κ1) is 10.7. The van der Waals surface area contributed by atoms with Gasteiger partial charge in [0.05, 0.1) is 0 Å². The minimum absolute atomic E-state index is 0.716. The van der Waals surface area contributed by atoms with Crippen LogP contribution >= 0.6 is 27.3 Å². The van der Waals surface area contributed by atoms with Crippen molar-refractivity contribution >= 4 is 37.9 Å². The number of aromatic nitrogens is 4. The Morgan fingerprint density at radius 2 is 2.18 bits per heavy atom. The fourth-order valence-corrected chi connectivity index (χ4v) is 2.75. The molecule has 1 aromatic carbocycles. The number of rotatable bonds is 1. The molecular weight excluding hydrogens is 302 g/mol. The number of fused-ring (bicyclic) bond motifs is 1. The minimum atomic E-state index is 0.716. The van der Waals surface area contributed by atoms with E-state index in [9.17, 15) is 0 Å². The van der Waals surface area contributed by atoms with Gasteiger partial charge in [-0.15, -0.1) is 10.2 Å². The third-order valence-corrected chi connectivity index (χ3v) is 4.03. The first-order chi connectivity index (χ1) is 8.15. The summed E-state index contributed by atoms with van der Waals surface area (Å²) in [6, 6.07) is 5.76. The van der Waals surface area contributed by atoms with Gasteiger partial charge < -0.3 is 5.73 Å². The highest BCUT2D eigenvalue weighted by atomic mass is 79.9. The summed E-state index contributed by atoms with van der Waals surface area (Å²) in [5.74, 6) is 0.789. The standard InChI is InChI=1S/C10H8BrN5S/c1-5-13-14-10-16(5)15-9(17-10)6-2-3-8(12)7(11)4-6/h2-4H,12H2,1H3. The van der Waals surface area contributed by atoms with Crippen LogP contribution < -0.4 is 5.73 Å². The van der Waals surface area contributed by atoms with Gasteiger partial charge in [-0.3, -0.25) is 0 Å². The van der Waals surface area contributed by atoms with Gasteiger partial charge in [0.25, 0.3) is 0 Å². The Hall–Kier alpha value is -1.47. The van der Waals surface area contributed by atoms with Crippen LogP contribution in [0.3, 0.4) is 0 Å². The number of aryl methyl sites for hydroxylation is 1. The van der Waals surface area contributed by atoms with Crippen molar-refractivity contribution < 1.29 is 0 Å². The molecule has 0 aliphatic rings. The molecule has 2 aromatic heterocycles. The second kappa shape index (κ2) is 3.78. The summed E-state index contributed by atoms with van der Waals surface area (Å²) >= 11 is 4.91. The predicted molar refractivity (Wildman–Crippen MR) is 70.9 cm³/mol. The van der Waals surface area contributed by atoms with Gasteiger partial charge in [-0.1, -0.05) is 11.3 Å². The van der Waals surface area contributed by atoms with Crippen LogP contribution in [-0.2, 0) is 0 Å². The second-order valence-corrected chi connectivity index (χ2v) is 5.40. The van der Waals surface area contributed by atoms with E-state index in [4.69, 9.17) is 5.73 Å². The molecule has 0 atom stereocenters. The fraction of sp³-hybridized carbons (Fsp3) is 0.100. The molecule has 0 unspecified atom stereocenters. The summed E-state index contributed by atoms with van der Waals surface area (Å²) in [6.45, 7) is 1.88. The number of anilines is 1. The summed E-state index contributed by atoms with van der Waals surface area (Å²) in [6.07, 6.45) is 0. The van der Waals surface area contributed by atoms with Crippen LogP contribution in [0.2, 0.25) is 0 Å². The van der Waals surface area contributed by atoms with E-state index in [1.807, 2.05) is 25.1 Å². The molecule has 0 amide bonds. The molecule has 17 heavy (non-hydrogen) atoms. The maximum absolute atomic E-state index is 5.75. The van der Waals surface area contributed by atoms with Crippen molar-refractivity contribution in [3.63, 3.8) is 0 Å². The molecule has 0 fully saturated rings. The molecule has 0 aliphatic carbocycles. The Morgan fingerprint density at radius 1 is 1.35 bits per heavy atom. The third-order valence-electron chi connectivity index (χ3n) is 2.39. The number of hydrogen-bond donors (Lipinski definition) is 1. The molecule has 5 nitrogen and oxygen atoms in total. The Balaban J connectivity index is 2.16. The molecule has 0 bridgehead atoms. The SMILES string of the molecule is Cc1nnc2sc(-c3ccc(N)c(Br)c3)nn12. The topological polar surface area (TPSA) is 69.1 Å². The Labute approximate surface area is 109 Å². The smallest absolute Gasteiger partial charge is 0.234 e. The maximum Gasteiger partial charge on any atom is 0.234 e. The number of halogens is 1. The first-order valence-electron chi connectivity index (χ1n) is 4.89. The van der Waals surface area contributed by atoms with Gasteiger partial charge in [-0.25, -0.2) is 0 Å². The van der Waals surface area contributed by atoms with Crippen LogP contribution in [0.15, 0.2) is 22.7 Å². The lowest BCUT2D eigenvalue weighted by Crippen LogP contribution is -1.90. The summed E-state index contributed by atoms with van der Waals surface area (Å²) in [5, 5.41) is 13.4. The first-order valence-corrected chi connectivity index (χ1v) is 6.50. The van der Waals surface area contributed by atoms with Crippen molar-refractivity contribution in [3.05, 3.63) is 28.5 Å². The molecule has 3 aromatic rings. The van der Waals surface area contributed by atoms with Gasteiger partial charge in [0.15, 0.2) is 5.82 Å². The van der Waals surface area contributed by atoms with Crippen molar-refractivity contribution in [2.75, 3.05) is 5.73 Å². The molecule has 0 saturated carbocycles. The van der Waals surface area contributed by atoms with Crippen LogP contribution in [0.25, 0.3) is 15.5 Å². The van der Waals surface area contributed by atoms with E-state index in [-0.39, 0.29) is 0 Å². The van der Waals surface area contributed by atoms with Crippen molar-refractivity contribution in [1.82, 2.24) is 19.8 Å². The van der Waals surface area contributed by atoms with E-state index < -0.39 is 0 Å². The van der Waals surface area contributed by atoms with Crippen LogP contribution in [0.4, 0.5) is 5.69 Å². The largest absolute Gasteiger partial charge is 0.398 e. The fourth-order valence-electron chi connectivity index (χ4n) is 1.49. The highest BCUT2D eigenvalue weighted by molar-refractivity contribution is 9.10. The van der Waals surface area contributed by atoms with E-state index in [2.05, 4.69) is 31.2 Å². The molecule has 0 aliphatic heterocycles. The number of nitrogens with zero attached hydrogens (tertiary/aromatic N) is 4. The van der Waals surface area contributed by atoms with E-state index >= 15 is 0 Å². The van der Waals surface area contributed by atoms with E-state index in [1.165, 1.54) is 11.3 Å². The average Bonchev–Trinajstić information content (AvgIpc) is 2.86. The van der Waals surface area contributed by atoms with Crippen LogP contribution in [0.1, 0.15) is 5.82 Å². The van der Waals surface area contributed by atoms with E-state index in [1.54, 1.807) is 4.52 Å². The second-order valence-electron chi connectivity index (χ2n) is 3.59. The molecule has 86 valence electrons. The molecular formula is C10H8BrN5S. The number of benzene rings is 1. The van der Waals surface area contributed by atoms with Gasteiger partial charge in [0, 0.05) is 15.7 Å². The Morgan fingerprint density at radius 3 is 2.88 bits per heavy atom. The van der Waals surface area contributed by atoms with Crippen LogP contribution in [-0.4, -0.2) is 19.8 Å². The van der Waals surface area contributed by atoms with Crippen molar-refractivity contribution in [2.45, 2.75) is 6.92 Å². The number of hydrogen-bond acceptors (Lipinski definition) is 5. The summed E-state index contributed by atoms with van der Waals surface area (Å²) in [4.78, 5) is 0.797. The molecule has 0 saturated heterocycles. The van der Waals surface area contributed by atoms with Gasteiger partial charge in [0.2, 0.25) is 4.96 Å². The molecule has 2 heterocycles. The third kappa shape index (κ3) is 1.71. The van der Waals surface area contributed by atoms with Crippen molar-refractivity contribution in [2.24, 2.45) is 0 Å². The molecule has 3 rings (SSSR count). The Kier molecular flexibility index (Phi) is 2.37. The lowest BCUT2D eigenvalue weighted by atomic mass is 10.2. The van der Waals surface area contributed by atoms with Gasteiger partial charge in [-0.2, -0.15) is 9.61 Å². The summed E-state index contributed by atoms with van der Waals surface area (Å²) in [7, 11) is 0. The quantitative estimate of drug-likeness (QED) is 0.701. The summed E-state index contributed by atoms with van der Waals surface area (Å²) < 4.78 is 2.61. The lowest BCUT2D eigenvalue weighted by molar-refractivity contribution is 0.898. The normalized spacial score (nSPS) is 11.2. The number of nitrogen functional groups attached to an aromatic ring is 1. The molecule has 0 radical (unpaired) electrons. The Bertz CT molecular complexity index is 702. The highest BCUT2D eigenvalue weighted by Crippen LogP contribution is 2.30. The average molecular weight is 310 g/mol. The zero-order chi connectivity index (χ0) is 12.0. The molecule has 7 heteroatoms. The minimum Gasteiger partial charge on any atom is -0.398 e. The van der Waals surface area contributed by atoms with Gasteiger partial charge >= 0.3 is 0 Å². The zero-order valence-electron chi connectivity index (χ0n) is 8.88. The summed E-state index contributed by atoms with van der Waals surface area (Å²) in [5.41, 5.74) is 7.49. The predicted octanol–water partition coefficient (Wildman–Crippen LogP) is 2.51. The molecule has 0 spiro atoms. The zero-order valence-corrected chi connectivity index (χ0v) is 11.3. The molecule has 2 N–H and O–H groups in total. The van der Waals surface area contributed by atoms with Crippen LogP contribution in [0.5, 0.6) is 0 Å². The van der Waals surface area contributed by atoms with E-state index in [0.717, 1.165) is 25.8 Å². The van der Waals surface area contributed by atoms with Crippen LogP contribution in [0, 0.1) is 6.92 Å². The monoisotopic (exact) mass is 309 g/mol. The highest BCUT2D eigenvalue weighted by Gasteiger charge is 2.10. The lowest BCUT2D eigenvalue weighted by Gasteiger charge is -1.99. The maximum atomic E-state index is 5.75. The van der Waals surface area contributed by atoms with Crippen molar-refractivity contribution in [3.8, 4) is 10.6 Å².